The van der Waals surface area contributed by atoms with Crippen molar-refractivity contribution in [2.75, 3.05) is 0 Å². The maximum absolute atomic E-state index is 12.8. The average Bonchev–Trinajstić information content (AvgIpc) is 3.03. The lowest BCUT2D eigenvalue weighted by atomic mass is 9.91. The first-order valence-electron chi connectivity index (χ1n) is 7.00. The van der Waals surface area contributed by atoms with Crippen molar-refractivity contribution >= 4 is 11.8 Å². The van der Waals surface area contributed by atoms with Gasteiger partial charge >= 0.3 is 0 Å². The minimum absolute atomic E-state index is 0.0211. The molecule has 1 atom stereocenters. The Morgan fingerprint density at radius 3 is 2.70 bits per heavy atom. The van der Waals surface area contributed by atoms with E-state index in [1.165, 1.54) is 0 Å². The molecule has 1 spiro atoms. The van der Waals surface area contributed by atoms with Gasteiger partial charge < -0.3 is 10.2 Å². The molecule has 2 heterocycles. The summed E-state index contributed by atoms with van der Waals surface area (Å²) in [5, 5.41) is 10.8. The van der Waals surface area contributed by atoms with Gasteiger partial charge in [-0.3, -0.25) is 14.3 Å². The Morgan fingerprint density at radius 2 is 2.10 bits per heavy atom. The zero-order valence-electron chi connectivity index (χ0n) is 11.8. The van der Waals surface area contributed by atoms with Crippen molar-refractivity contribution in [3.05, 3.63) is 11.9 Å². The van der Waals surface area contributed by atoms with Crippen LogP contribution in [0, 0.1) is 0 Å². The van der Waals surface area contributed by atoms with Gasteiger partial charge in [0.25, 0.3) is 0 Å². The summed E-state index contributed by atoms with van der Waals surface area (Å²) in [6.45, 7) is 2.09. The highest BCUT2D eigenvalue weighted by atomic mass is 16.2. The number of piperazine rings is 1. The van der Waals surface area contributed by atoms with Crippen molar-refractivity contribution in [3.8, 4) is 0 Å². The van der Waals surface area contributed by atoms with Crippen LogP contribution < -0.4 is 5.32 Å². The van der Waals surface area contributed by atoms with E-state index in [9.17, 15) is 9.59 Å². The predicted octanol–water partition coefficient (Wildman–Crippen LogP) is -0.0252. The molecule has 1 aromatic rings. The number of aryl methyl sites for hydroxylation is 1. The molecule has 1 saturated carbocycles. The smallest absolute Gasteiger partial charge is 0.249 e. The Hall–Kier alpha value is -1.92. The Labute approximate surface area is 117 Å². The summed E-state index contributed by atoms with van der Waals surface area (Å²) in [5.41, 5.74) is 0.0294. The number of hydrogen-bond donors (Lipinski definition) is 1. The second-order valence-corrected chi connectivity index (χ2v) is 5.77. The third-order valence-electron chi connectivity index (χ3n) is 4.32. The Morgan fingerprint density at radius 1 is 1.40 bits per heavy atom. The normalized spacial score (nSPS) is 25.3. The molecule has 108 valence electrons. The second kappa shape index (κ2) is 4.57. The highest BCUT2D eigenvalue weighted by Gasteiger charge is 2.50. The van der Waals surface area contributed by atoms with E-state index in [-0.39, 0.29) is 11.8 Å². The van der Waals surface area contributed by atoms with E-state index < -0.39 is 11.6 Å². The highest BCUT2D eigenvalue weighted by Crippen LogP contribution is 2.35. The molecule has 2 aliphatic rings. The van der Waals surface area contributed by atoms with Crippen molar-refractivity contribution in [1.29, 1.82) is 0 Å². The summed E-state index contributed by atoms with van der Waals surface area (Å²) in [7, 11) is 1.78. The summed E-state index contributed by atoms with van der Waals surface area (Å²) in [6, 6.07) is -0.462. The van der Waals surface area contributed by atoms with E-state index in [0.717, 1.165) is 25.7 Å². The molecule has 7 heteroatoms. The minimum atomic E-state index is -0.675. The molecule has 1 saturated heterocycles. The van der Waals surface area contributed by atoms with Gasteiger partial charge in [-0.1, -0.05) is 18.1 Å². The van der Waals surface area contributed by atoms with E-state index >= 15 is 0 Å². The molecule has 2 amide bonds. The van der Waals surface area contributed by atoms with Gasteiger partial charge in [-0.05, 0) is 19.8 Å². The summed E-state index contributed by atoms with van der Waals surface area (Å²) in [4.78, 5) is 26.6. The Bertz CT molecular complexity index is 547. The fourth-order valence-corrected chi connectivity index (χ4v) is 3.15. The number of nitrogens with zero attached hydrogens (tertiary/aromatic N) is 4. The molecule has 1 aliphatic carbocycles. The molecule has 1 N–H and O–H groups in total. The lowest BCUT2D eigenvalue weighted by molar-refractivity contribution is -0.154. The van der Waals surface area contributed by atoms with Gasteiger partial charge in [0.05, 0.1) is 6.54 Å². The van der Waals surface area contributed by atoms with Crippen molar-refractivity contribution in [1.82, 2.24) is 25.2 Å². The largest absolute Gasteiger partial charge is 0.340 e. The molecule has 0 bridgehead atoms. The van der Waals surface area contributed by atoms with Crippen molar-refractivity contribution in [2.45, 2.75) is 50.7 Å². The zero-order chi connectivity index (χ0) is 14.3. The standard InChI is InChI=1S/C13H19N5O2/c1-9-11(19)14-13(5-3-4-6-13)12(20)18(9)8-10-7-17(2)16-15-10/h7,9H,3-6,8H2,1-2H3,(H,14,19). The molecule has 2 fully saturated rings. The summed E-state index contributed by atoms with van der Waals surface area (Å²) >= 11 is 0. The van der Waals surface area contributed by atoms with E-state index in [0.29, 0.717) is 12.2 Å². The van der Waals surface area contributed by atoms with E-state index in [1.54, 1.807) is 29.7 Å². The zero-order valence-corrected chi connectivity index (χ0v) is 11.8. The van der Waals surface area contributed by atoms with Gasteiger partial charge in [-0.2, -0.15) is 0 Å². The van der Waals surface area contributed by atoms with Crippen molar-refractivity contribution in [3.63, 3.8) is 0 Å². The van der Waals surface area contributed by atoms with Gasteiger partial charge in [0.15, 0.2) is 0 Å². The molecule has 1 aromatic heterocycles. The van der Waals surface area contributed by atoms with E-state index in [4.69, 9.17) is 0 Å². The Kier molecular flexibility index (Phi) is 2.99. The molecule has 0 radical (unpaired) electrons. The van der Waals surface area contributed by atoms with Gasteiger partial charge in [0, 0.05) is 13.2 Å². The van der Waals surface area contributed by atoms with Gasteiger partial charge in [0.1, 0.15) is 17.3 Å². The molecule has 0 aromatic carbocycles. The minimum Gasteiger partial charge on any atom is -0.340 e. The average molecular weight is 277 g/mol. The van der Waals surface area contributed by atoms with Crippen LogP contribution >= 0.6 is 0 Å². The maximum atomic E-state index is 12.8. The van der Waals surface area contributed by atoms with Crippen LogP contribution in [-0.4, -0.2) is 43.3 Å². The van der Waals surface area contributed by atoms with Crippen LogP contribution in [-0.2, 0) is 23.2 Å². The van der Waals surface area contributed by atoms with Gasteiger partial charge in [-0.15, -0.1) is 5.10 Å². The quantitative estimate of drug-likeness (QED) is 0.823. The third kappa shape index (κ3) is 1.97. The Balaban J connectivity index is 1.86. The molecule has 7 nitrogen and oxygen atoms in total. The first kappa shape index (κ1) is 13.1. The van der Waals surface area contributed by atoms with Crippen molar-refractivity contribution < 1.29 is 9.59 Å². The predicted molar refractivity (Wildman–Crippen MR) is 70.4 cm³/mol. The number of aromatic nitrogens is 3. The fraction of sp³-hybridized carbons (Fsp3) is 0.692. The van der Waals surface area contributed by atoms with Crippen LogP contribution in [0.15, 0.2) is 6.20 Å². The molecular formula is C13H19N5O2. The molecule has 1 aliphatic heterocycles. The van der Waals surface area contributed by atoms with Crippen LogP contribution in [0.3, 0.4) is 0 Å². The number of amides is 2. The third-order valence-corrected chi connectivity index (χ3v) is 4.32. The molecule has 20 heavy (non-hydrogen) atoms. The summed E-state index contributed by atoms with van der Waals surface area (Å²) in [5.74, 6) is -0.0526. The molecule has 3 rings (SSSR count). The fourth-order valence-electron chi connectivity index (χ4n) is 3.15. The van der Waals surface area contributed by atoms with E-state index in [1.807, 2.05) is 0 Å². The highest BCUT2D eigenvalue weighted by molar-refractivity contribution is 5.99. The lowest BCUT2D eigenvalue weighted by Gasteiger charge is -2.43. The number of carbonyl (C=O) groups excluding carboxylic acids is 2. The van der Waals surface area contributed by atoms with Crippen LogP contribution in [0.4, 0.5) is 0 Å². The number of hydrogen-bond acceptors (Lipinski definition) is 4. The van der Waals surface area contributed by atoms with Crippen LogP contribution in [0.5, 0.6) is 0 Å². The second-order valence-electron chi connectivity index (χ2n) is 5.77. The van der Waals surface area contributed by atoms with Crippen LogP contribution in [0.1, 0.15) is 38.3 Å². The van der Waals surface area contributed by atoms with E-state index in [2.05, 4.69) is 15.6 Å². The van der Waals surface area contributed by atoms with Crippen LogP contribution in [0.2, 0.25) is 0 Å². The first-order valence-corrected chi connectivity index (χ1v) is 7.00. The molecular weight excluding hydrogens is 258 g/mol. The topological polar surface area (TPSA) is 80.1 Å². The number of carbonyl (C=O) groups is 2. The first-order chi connectivity index (χ1) is 9.52. The molecule has 1 unspecified atom stereocenters. The monoisotopic (exact) mass is 277 g/mol. The number of rotatable bonds is 2. The van der Waals surface area contributed by atoms with Crippen molar-refractivity contribution in [2.24, 2.45) is 7.05 Å². The van der Waals surface area contributed by atoms with Crippen LogP contribution in [0.25, 0.3) is 0 Å². The summed E-state index contributed by atoms with van der Waals surface area (Å²) in [6.07, 6.45) is 5.22. The van der Waals surface area contributed by atoms with Gasteiger partial charge in [0.2, 0.25) is 11.8 Å². The maximum Gasteiger partial charge on any atom is 0.249 e. The number of nitrogens with one attached hydrogen (secondary N) is 1. The van der Waals surface area contributed by atoms with Gasteiger partial charge in [-0.25, -0.2) is 0 Å². The SMILES string of the molecule is CC1C(=O)NC2(CCCC2)C(=O)N1Cc1cn(C)nn1. The summed E-state index contributed by atoms with van der Waals surface area (Å²) < 4.78 is 1.60. The lowest BCUT2D eigenvalue weighted by Crippen LogP contribution is -2.68.